The van der Waals surface area contributed by atoms with Crippen LogP contribution in [0, 0.1) is 0 Å². The minimum Gasteiger partial charge on any atom is -0.317 e. The first-order valence-electron chi connectivity index (χ1n) is 4.88. The number of hydrogen-bond donors (Lipinski definition) is 1. The highest BCUT2D eigenvalue weighted by molar-refractivity contribution is 9.10. The molecule has 0 saturated heterocycles. The van der Waals surface area contributed by atoms with Crippen molar-refractivity contribution in [1.82, 2.24) is 5.32 Å². The fourth-order valence-corrected chi connectivity index (χ4v) is 3.07. The van der Waals surface area contributed by atoms with Gasteiger partial charge in [-0.3, -0.25) is 0 Å². The van der Waals surface area contributed by atoms with Crippen LogP contribution < -0.4 is 5.32 Å². The third-order valence-corrected chi connectivity index (χ3v) is 4.51. The first kappa shape index (κ1) is 12.5. The first-order chi connectivity index (χ1) is 6.74. The van der Waals surface area contributed by atoms with Gasteiger partial charge in [-0.05, 0) is 54.3 Å². The zero-order valence-electron chi connectivity index (χ0n) is 8.28. The van der Waals surface area contributed by atoms with E-state index >= 15 is 0 Å². The summed E-state index contributed by atoms with van der Waals surface area (Å²) >= 11 is 11.0. The molecule has 1 aromatic rings. The average Bonchev–Trinajstić information content (AvgIpc) is 2.46. The van der Waals surface area contributed by atoms with E-state index < -0.39 is 0 Å². The number of nitrogens with one attached hydrogen (secondary N) is 1. The van der Waals surface area contributed by atoms with Crippen LogP contribution in [-0.4, -0.2) is 13.1 Å². The summed E-state index contributed by atoms with van der Waals surface area (Å²) in [6.07, 6.45) is 3.61. The Morgan fingerprint density at radius 1 is 1.50 bits per heavy atom. The summed E-state index contributed by atoms with van der Waals surface area (Å²) in [5.74, 6) is 0. The highest BCUT2D eigenvalue weighted by atomic mass is 79.9. The minimum absolute atomic E-state index is 0.867. The molecule has 0 aliphatic carbocycles. The molecule has 0 aliphatic heterocycles. The Kier molecular flexibility index (Phi) is 6.10. The van der Waals surface area contributed by atoms with E-state index in [0.717, 1.165) is 28.3 Å². The summed E-state index contributed by atoms with van der Waals surface area (Å²) in [6, 6.07) is 2.13. The van der Waals surface area contributed by atoms with Crippen molar-refractivity contribution in [3.63, 3.8) is 0 Å². The van der Waals surface area contributed by atoms with Crippen LogP contribution in [0.3, 0.4) is 0 Å². The zero-order chi connectivity index (χ0) is 10.4. The van der Waals surface area contributed by atoms with E-state index in [1.165, 1.54) is 17.7 Å². The van der Waals surface area contributed by atoms with Crippen molar-refractivity contribution in [1.29, 1.82) is 0 Å². The highest BCUT2D eigenvalue weighted by Crippen LogP contribution is 2.32. The third kappa shape index (κ3) is 4.30. The van der Waals surface area contributed by atoms with Gasteiger partial charge in [0.25, 0.3) is 0 Å². The van der Waals surface area contributed by atoms with Gasteiger partial charge in [-0.25, -0.2) is 0 Å². The van der Waals surface area contributed by atoms with Gasteiger partial charge in [0.1, 0.15) is 4.34 Å². The lowest BCUT2D eigenvalue weighted by Crippen LogP contribution is -2.13. The molecule has 0 atom stereocenters. The van der Waals surface area contributed by atoms with Crippen molar-refractivity contribution in [2.75, 3.05) is 13.1 Å². The monoisotopic (exact) mass is 295 g/mol. The normalized spacial score (nSPS) is 10.8. The van der Waals surface area contributed by atoms with E-state index in [0.29, 0.717) is 0 Å². The Hall–Kier alpha value is 0.430. The molecule has 1 nitrogen and oxygen atoms in total. The molecule has 0 amide bonds. The van der Waals surface area contributed by atoms with E-state index in [9.17, 15) is 0 Å². The van der Waals surface area contributed by atoms with E-state index in [1.807, 2.05) is 0 Å². The second kappa shape index (κ2) is 6.83. The Balaban J connectivity index is 2.18. The maximum atomic E-state index is 5.95. The Morgan fingerprint density at radius 3 is 2.86 bits per heavy atom. The third-order valence-electron chi connectivity index (χ3n) is 1.97. The van der Waals surface area contributed by atoms with E-state index in [-0.39, 0.29) is 0 Å². The maximum Gasteiger partial charge on any atom is 0.107 e. The molecule has 0 aromatic carbocycles. The van der Waals surface area contributed by atoms with Crippen molar-refractivity contribution >= 4 is 38.9 Å². The molecule has 0 bridgehead atoms. The van der Waals surface area contributed by atoms with E-state index in [1.54, 1.807) is 11.3 Å². The number of unbranched alkanes of at least 4 members (excludes halogenated alkanes) is 1. The Labute approximate surface area is 103 Å². The molecular weight excluding hydrogens is 282 g/mol. The average molecular weight is 297 g/mol. The lowest BCUT2D eigenvalue weighted by molar-refractivity contribution is 0.643. The zero-order valence-corrected chi connectivity index (χ0v) is 11.4. The molecular formula is C10H15BrClNS. The van der Waals surface area contributed by atoms with Gasteiger partial charge in [-0.15, -0.1) is 11.3 Å². The molecule has 0 radical (unpaired) electrons. The second-order valence-corrected chi connectivity index (χ2v) is 5.74. The van der Waals surface area contributed by atoms with Gasteiger partial charge in [0.15, 0.2) is 0 Å². The molecule has 4 heteroatoms. The molecule has 1 N–H and O–H groups in total. The standard InChI is InChI=1S/C10H15BrClNS/c1-2-13-6-4-3-5-8-7-9(11)10(12)14-8/h7,13H,2-6H2,1H3. The van der Waals surface area contributed by atoms with Crippen molar-refractivity contribution in [3.8, 4) is 0 Å². The van der Waals surface area contributed by atoms with Gasteiger partial charge in [0.05, 0.1) is 0 Å². The molecule has 1 aromatic heterocycles. The van der Waals surface area contributed by atoms with Crippen LogP contribution in [-0.2, 0) is 6.42 Å². The molecule has 0 unspecified atom stereocenters. The van der Waals surface area contributed by atoms with Crippen LogP contribution in [0.25, 0.3) is 0 Å². The van der Waals surface area contributed by atoms with Gasteiger partial charge in [-0.1, -0.05) is 18.5 Å². The smallest absolute Gasteiger partial charge is 0.107 e. The first-order valence-corrected chi connectivity index (χ1v) is 6.87. The van der Waals surface area contributed by atoms with Crippen molar-refractivity contribution < 1.29 is 0 Å². The second-order valence-electron chi connectivity index (χ2n) is 3.15. The van der Waals surface area contributed by atoms with Gasteiger partial charge >= 0.3 is 0 Å². The summed E-state index contributed by atoms with van der Waals surface area (Å²) in [4.78, 5) is 1.37. The predicted molar refractivity (Wildman–Crippen MR) is 68.5 cm³/mol. The van der Waals surface area contributed by atoms with Crippen LogP contribution >= 0.6 is 38.9 Å². The SMILES string of the molecule is CCNCCCCc1cc(Br)c(Cl)s1. The fraction of sp³-hybridized carbons (Fsp3) is 0.600. The summed E-state index contributed by atoms with van der Waals surface area (Å²) in [5, 5.41) is 3.32. The Morgan fingerprint density at radius 2 is 2.29 bits per heavy atom. The number of hydrogen-bond acceptors (Lipinski definition) is 2. The number of thiophene rings is 1. The van der Waals surface area contributed by atoms with Crippen LogP contribution in [0.4, 0.5) is 0 Å². The van der Waals surface area contributed by atoms with Gasteiger partial charge in [-0.2, -0.15) is 0 Å². The quantitative estimate of drug-likeness (QED) is 0.780. The molecule has 14 heavy (non-hydrogen) atoms. The largest absolute Gasteiger partial charge is 0.317 e. The number of halogens is 2. The Bertz CT molecular complexity index is 256. The van der Waals surface area contributed by atoms with Crippen LogP contribution in [0.2, 0.25) is 4.34 Å². The lowest BCUT2D eigenvalue weighted by Gasteiger charge is -1.99. The summed E-state index contributed by atoms with van der Waals surface area (Å²) in [7, 11) is 0. The fourth-order valence-electron chi connectivity index (χ4n) is 1.24. The molecule has 80 valence electrons. The van der Waals surface area contributed by atoms with E-state index in [4.69, 9.17) is 11.6 Å². The topological polar surface area (TPSA) is 12.0 Å². The van der Waals surface area contributed by atoms with Crippen molar-refractivity contribution in [3.05, 3.63) is 19.8 Å². The van der Waals surface area contributed by atoms with Gasteiger partial charge in [0, 0.05) is 9.35 Å². The predicted octanol–water partition coefficient (Wildman–Crippen LogP) is 4.10. The molecule has 0 spiro atoms. The summed E-state index contributed by atoms with van der Waals surface area (Å²) in [6.45, 7) is 4.32. The molecule has 0 saturated carbocycles. The summed E-state index contributed by atoms with van der Waals surface area (Å²) in [5.41, 5.74) is 0. The molecule has 0 fully saturated rings. The minimum atomic E-state index is 0.867. The molecule has 1 heterocycles. The lowest BCUT2D eigenvalue weighted by atomic mass is 10.2. The highest BCUT2D eigenvalue weighted by Gasteiger charge is 2.03. The maximum absolute atomic E-state index is 5.95. The van der Waals surface area contributed by atoms with Crippen molar-refractivity contribution in [2.24, 2.45) is 0 Å². The number of rotatable bonds is 6. The van der Waals surface area contributed by atoms with Crippen molar-refractivity contribution in [2.45, 2.75) is 26.2 Å². The van der Waals surface area contributed by atoms with Crippen LogP contribution in [0.5, 0.6) is 0 Å². The van der Waals surface area contributed by atoms with Crippen LogP contribution in [0.15, 0.2) is 10.5 Å². The molecule has 0 aliphatic rings. The summed E-state index contributed by atoms with van der Waals surface area (Å²) < 4.78 is 1.90. The van der Waals surface area contributed by atoms with Gasteiger partial charge in [0.2, 0.25) is 0 Å². The molecule has 1 rings (SSSR count). The van der Waals surface area contributed by atoms with Gasteiger partial charge < -0.3 is 5.32 Å². The number of aryl methyl sites for hydroxylation is 1. The van der Waals surface area contributed by atoms with Crippen LogP contribution in [0.1, 0.15) is 24.6 Å². The van der Waals surface area contributed by atoms with E-state index in [2.05, 4.69) is 34.2 Å².